The quantitative estimate of drug-likeness (QED) is 0.115. The Bertz CT molecular complexity index is 1040. The van der Waals surface area contributed by atoms with Crippen molar-refractivity contribution in [3.8, 4) is 0 Å². The molecule has 0 radical (unpaired) electrons. The number of nitrogens with two attached hydrogens (primary N) is 5. The Morgan fingerprint density at radius 2 is 1.26 bits per heavy atom. The summed E-state index contributed by atoms with van der Waals surface area (Å²) in [4.78, 5) is 60.4. The fraction of sp³-hybridized carbons (Fsp3) is 0.571. The van der Waals surface area contributed by atoms with Gasteiger partial charge in [-0.1, -0.05) is 44.2 Å². The molecule has 0 aliphatic carbocycles. The maximum absolute atomic E-state index is 10.4. The highest BCUT2D eigenvalue weighted by atomic mass is 16.4. The molecule has 0 bridgehead atoms. The Hall–Kier alpha value is -4.20. The van der Waals surface area contributed by atoms with Crippen molar-refractivity contribution in [2.75, 3.05) is 6.54 Å². The van der Waals surface area contributed by atoms with Crippen molar-refractivity contribution in [3.05, 3.63) is 35.9 Å². The van der Waals surface area contributed by atoms with E-state index >= 15 is 0 Å². The highest BCUT2D eigenvalue weighted by molar-refractivity contribution is 5.83. The van der Waals surface area contributed by atoms with E-state index in [-0.39, 0.29) is 12.5 Å². The van der Waals surface area contributed by atoms with Gasteiger partial charge in [-0.3, -0.25) is 28.8 Å². The lowest BCUT2D eigenvalue weighted by atomic mass is 10.1. The number of hydrogen-bond acceptors (Lipinski definition) is 12. The number of carboxylic acids is 5. The van der Waals surface area contributed by atoms with Crippen molar-refractivity contribution in [1.29, 1.82) is 0 Å². The molecule has 0 spiro atoms. The first kappa shape index (κ1) is 46.2. The zero-order valence-electron chi connectivity index (χ0n) is 26.2. The van der Waals surface area contributed by atoms with Gasteiger partial charge in [0.1, 0.15) is 30.2 Å². The van der Waals surface area contributed by atoms with Crippen LogP contribution >= 0.6 is 0 Å². The first-order chi connectivity index (χ1) is 21.1. The summed E-state index contributed by atoms with van der Waals surface area (Å²) >= 11 is 0. The fourth-order valence-corrected chi connectivity index (χ4v) is 2.97. The number of hydrogen-bond donors (Lipinski definition) is 12. The molecule has 1 aliphatic heterocycles. The average molecular weight is 663 g/mol. The van der Waals surface area contributed by atoms with Gasteiger partial charge < -0.3 is 64.6 Å². The normalized spacial score (nSPS) is 16.3. The molecule has 17 N–H and O–H groups in total. The number of carbonyl (C=O) groups is 6. The Balaban J connectivity index is -0.000000507. The molecule has 18 heteroatoms. The van der Waals surface area contributed by atoms with Crippen LogP contribution < -0.4 is 34.0 Å². The molecular weight excluding hydrogens is 612 g/mol. The van der Waals surface area contributed by atoms with E-state index in [0.717, 1.165) is 24.9 Å². The van der Waals surface area contributed by atoms with Crippen LogP contribution in [-0.2, 0) is 35.2 Å². The first-order valence-electron chi connectivity index (χ1n) is 14.0. The summed E-state index contributed by atoms with van der Waals surface area (Å²) in [6, 6.07) is 5.26. The summed E-state index contributed by atoms with van der Waals surface area (Å²) in [5, 5.41) is 52.7. The zero-order valence-corrected chi connectivity index (χ0v) is 26.2. The van der Waals surface area contributed by atoms with Gasteiger partial charge in [0.05, 0.1) is 12.5 Å². The van der Waals surface area contributed by atoms with Gasteiger partial charge in [0.2, 0.25) is 5.91 Å². The number of nitrogens with one attached hydrogen (secondary N) is 1. The van der Waals surface area contributed by atoms with Crippen molar-refractivity contribution < 1.29 is 59.4 Å². The predicted molar refractivity (Wildman–Crippen MR) is 166 cm³/mol. The Kier molecular flexibility index (Phi) is 26.2. The Morgan fingerprint density at radius 3 is 1.48 bits per heavy atom. The third-order valence-corrected chi connectivity index (χ3v) is 5.56. The molecule has 1 aromatic rings. The molecule has 6 atom stereocenters. The van der Waals surface area contributed by atoms with Crippen LogP contribution in [0.25, 0.3) is 0 Å². The van der Waals surface area contributed by atoms with E-state index in [1.165, 1.54) is 6.92 Å². The Morgan fingerprint density at radius 1 is 0.783 bits per heavy atom. The first-order valence-corrected chi connectivity index (χ1v) is 14.0. The highest BCUT2D eigenvalue weighted by Crippen LogP contribution is 2.04. The van der Waals surface area contributed by atoms with E-state index in [2.05, 4.69) is 11.1 Å². The van der Waals surface area contributed by atoms with Gasteiger partial charge in [0.15, 0.2) is 0 Å². The van der Waals surface area contributed by atoms with Crippen LogP contribution in [0.5, 0.6) is 0 Å². The predicted octanol–water partition coefficient (Wildman–Crippen LogP) is -2.04. The fourth-order valence-electron chi connectivity index (χ4n) is 2.97. The van der Waals surface area contributed by atoms with Crippen LogP contribution in [0.1, 0.15) is 52.0 Å². The molecule has 18 nitrogen and oxygen atoms in total. The minimum absolute atomic E-state index is 0.269. The van der Waals surface area contributed by atoms with Gasteiger partial charge in [0.25, 0.3) is 0 Å². The number of carbonyl (C=O) groups excluding carboxylic acids is 1. The molecule has 6 unspecified atom stereocenters. The van der Waals surface area contributed by atoms with Crippen molar-refractivity contribution in [3.63, 3.8) is 0 Å². The molecule has 0 aromatic heterocycles. The van der Waals surface area contributed by atoms with Crippen LogP contribution in [0.2, 0.25) is 0 Å². The lowest BCUT2D eigenvalue weighted by Gasteiger charge is -2.07. The van der Waals surface area contributed by atoms with Crippen molar-refractivity contribution >= 4 is 35.8 Å². The number of aliphatic hydroxyl groups is 1. The summed E-state index contributed by atoms with van der Waals surface area (Å²) < 4.78 is 0. The number of amides is 1. The molecular formula is C28H50N6O12. The number of carboxylic acid groups (broad SMARTS) is 5. The summed E-state index contributed by atoms with van der Waals surface area (Å²) in [5.41, 5.74) is 26.0. The third kappa shape index (κ3) is 27.4. The van der Waals surface area contributed by atoms with Crippen LogP contribution in [0, 0.1) is 5.92 Å². The minimum Gasteiger partial charge on any atom is -0.480 e. The zero-order chi connectivity index (χ0) is 36.6. The SMILES string of the molecule is CC(C)CC(N)C(=O)O.CC(O)C(N)C(=O)O.NC(=O)CC(N)C(=O)O.NC(Cc1ccccc1)C(=O)O.O=C(O)C1CCCN1. The number of aliphatic hydroxyl groups excluding tert-OH is 1. The second-order valence-electron chi connectivity index (χ2n) is 10.4. The minimum atomic E-state index is -1.21. The standard InChI is InChI=1S/C9H11NO2.C6H13NO2.C5H9NO2.C4H8N2O3.C4H9NO3/c10-8(9(11)12)6-7-4-2-1-3-5-7;1-4(2)3-5(7)6(8)9;7-5(8)4-2-1-3-6-4;5-2(4(8)9)1-3(6)7;1-2(6)3(5)4(7)8/h1-5,8H,6,10H2,(H,11,12);4-5H,3,7H2,1-2H3,(H,8,9);4,6H,1-3H2,(H,7,8);2H,1,5H2,(H2,6,7)(H,8,9);2-3,6H,5H2,1H3,(H,7,8). The van der Waals surface area contributed by atoms with Crippen LogP contribution in [0.4, 0.5) is 0 Å². The molecule has 1 amide bonds. The van der Waals surface area contributed by atoms with Crippen LogP contribution in [0.3, 0.4) is 0 Å². The molecule has 2 rings (SSSR count). The van der Waals surface area contributed by atoms with E-state index in [1.807, 2.05) is 44.2 Å². The van der Waals surface area contributed by atoms with E-state index in [9.17, 15) is 28.8 Å². The van der Waals surface area contributed by atoms with Gasteiger partial charge in [0, 0.05) is 0 Å². The third-order valence-electron chi connectivity index (χ3n) is 5.56. The summed E-state index contributed by atoms with van der Waals surface area (Å²) in [6.45, 7) is 6.08. The van der Waals surface area contributed by atoms with Gasteiger partial charge in [-0.05, 0) is 50.6 Å². The number of benzene rings is 1. The lowest BCUT2D eigenvalue weighted by molar-refractivity contribution is -0.141. The van der Waals surface area contributed by atoms with Gasteiger partial charge in [-0.2, -0.15) is 0 Å². The molecule has 1 aliphatic rings. The van der Waals surface area contributed by atoms with E-state index in [0.29, 0.717) is 18.8 Å². The maximum Gasteiger partial charge on any atom is 0.323 e. The molecule has 1 saturated heterocycles. The van der Waals surface area contributed by atoms with Crippen molar-refractivity contribution in [1.82, 2.24) is 5.32 Å². The number of aliphatic carboxylic acids is 5. The summed E-state index contributed by atoms with van der Waals surface area (Å²) in [5.74, 6) is -5.33. The van der Waals surface area contributed by atoms with Crippen molar-refractivity contribution in [2.45, 2.75) is 89.2 Å². The number of primary amides is 1. The molecule has 1 heterocycles. The van der Waals surface area contributed by atoms with Crippen LogP contribution in [0.15, 0.2) is 30.3 Å². The molecule has 1 fully saturated rings. The average Bonchev–Trinajstić information content (AvgIpc) is 3.49. The second-order valence-corrected chi connectivity index (χ2v) is 10.4. The summed E-state index contributed by atoms with van der Waals surface area (Å²) in [7, 11) is 0. The number of rotatable bonds is 12. The van der Waals surface area contributed by atoms with Gasteiger partial charge >= 0.3 is 29.8 Å². The van der Waals surface area contributed by atoms with E-state index < -0.39 is 66.0 Å². The molecule has 1 aromatic carbocycles. The van der Waals surface area contributed by atoms with Gasteiger partial charge in [-0.25, -0.2) is 0 Å². The Labute approximate surface area is 266 Å². The topological polar surface area (TPSA) is 366 Å². The van der Waals surface area contributed by atoms with E-state index in [4.69, 9.17) is 53.6 Å². The molecule has 0 saturated carbocycles. The highest BCUT2D eigenvalue weighted by Gasteiger charge is 2.20. The second kappa shape index (κ2) is 26.1. The van der Waals surface area contributed by atoms with Crippen LogP contribution in [-0.4, -0.2) is 109 Å². The summed E-state index contributed by atoms with van der Waals surface area (Å²) in [6.07, 6.45) is 1.43. The largest absolute Gasteiger partial charge is 0.480 e. The lowest BCUT2D eigenvalue weighted by Crippen LogP contribution is -2.39. The smallest absolute Gasteiger partial charge is 0.323 e. The maximum atomic E-state index is 10.4. The van der Waals surface area contributed by atoms with E-state index in [1.54, 1.807) is 0 Å². The van der Waals surface area contributed by atoms with Gasteiger partial charge in [-0.15, -0.1) is 0 Å². The monoisotopic (exact) mass is 662 g/mol. The molecule has 264 valence electrons. The molecule has 46 heavy (non-hydrogen) atoms. The van der Waals surface area contributed by atoms with Crippen molar-refractivity contribution in [2.24, 2.45) is 34.6 Å².